The monoisotopic (exact) mass is 334 g/mol. The molecule has 1 heterocycles. The Morgan fingerprint density at radius 2 is 2.22 bits per heavy atom. The Hall–Kier alpha value is -2.08. The molecule has 2 aromatic rings. The highest BCUT2D eigenvalue weighted by molar-refractivity contribution is 6.32. The first-order valence-corrected chi connectivity index (χ1v) is 8.19. The standard InChI is InChI=1S/C16H19ClN4O2/c17-13-9-11(5-6-14(13)23-12-3-1-2-4-12)20-16(22)8-7-15-18-10-19-21-15/h5-6,9-10,12H,1-4,7-8H2,(H,20,22)(H,18,19,21). The molecule has 1 fully saturated rings. The predicted molar refractivity (Wildman–Crippen MR) is 87.7 cm³/mol. The van der Waals surface area contributed by atoms with Crippen LogP contribution in [0.15, 0.2) is 24.5 Å². The van der Waals surface area contributed by atoms with Gasteiger partial charge in [-0.25, -0.2) is 4.98 Å². The van der Waals surface area contributed by atoms with Gasteiger partial charge >= 0.3 is 0 Å². The van der Waals surface area contributed by atoms with Gasteiger partial charge in [-0.1, -0.05) is 11.6 Å². The number of ether oxygens (including phenoxy) is 1. The number of nitrogens with one attached hydrogen (secondary N) is 2. The molecule has 6 nitrogen and oxygen atoms in total. The molecule has 3 rings (SSSR count). The van der Waals surface area contributed by atoms with E-state index in [0.717, 1.165) is 12.8 Å². The summed E-state index contributed by atoms with van der Waals surface area (Å²) in [5, 5.41) is 9.82. The quantitative estimate of drug-likeness (QED) is 0.849. The third-order valence-electron chi connectivity index (χ3n) is 3.87. The molecule has 23 heavy (non-hydrogen) atoms. The third-order valence-corrected chi connectivity index (χ3v) is 4.16. The molecule has 0 radical (unpaired) electrons. The first-order chi connectivity index (χ1) is 11.2. The van der Waals surface area contributed by atoms with Crippen molar-refractivity contribution in [1.82, 2.24) is 15.2 Å². The highest BCUT2D eigenvalue weighted by Crippen LogP contribution is 2.31. The van der Waals surface area contributed by atoms with Crippen LogP contribution in [0.5, 0.6) is 5.75 Å². The van der Waals surface area contributed by atoms with Gasteiger partial charge in [0.15, 0.2) is 0 Å². The summed E-state index contributed by atoms with van der Waals surface area (Å²) in [7, 11) is 0. The van der Waals surface area contributed by atoms with Gasteiger partial charge in [-0.3, -0.25) is 9.89 Å². The van der Waals surface area contributed by atoms with Crippen LogP contribution >= 0.6 is 11.6 Å². The van der Waals surface area contributed by atoms with Crippen LogP contribution < -0.4 is 10.1 Å². The first-order valence-electron chi connectivity index (χ1n) is 7.81. The number of hydrogen-bond acceptors (Lipinski definition) is 4. The lowest BCUT2D eigenvalue weighted by Crippen LogP contribution is -2.13. The molecule has 1 aromatic carbocycles. The second kappa shape index (κ2) is 7.46. The highest BCUT2D eigenvalue weighted by Gasteiger charge is 2.18. The molecule has 1 amide bonds. The molecule has 0 saturated heterocycles. The molecule has 1 aliphatic carbocycles. The van der Waals surface area contributed by atoms with Crippen molar-refractivity contribution in [2.24, 2.45) is 0 Å². The summed E-state index contributed by atoms with van der Waals surface area (Å²) in [5.41, 5.74) is 0.663. The van der Waals surface area contributed by atoms with Crippen molar-refractivity contribution in [3.05, 3.63) is 35.4 Å². The molecular formula is C16H19ClN4O2. The zero-order valence-electron chi connectivity index (χ0n) is 12.7. The molecule has 0 unspecified atom stereocenters. The van der Waals surface area contributed by atoms with E-state index in [4.69, 9.17) is 16.3 Å². The normalized spacial score (nSPS) is 14.8. The fourth-order valence-corrected chi connectivity index (χ4v) is 2.89. The number of H-pyrrole nitrogens is 1. The van der Waals surface area contributed by atoms with E-state index in [2.05, 4.69) is 20.5 Å². The average Bonchev–Trinajstić information content (AvgIpc) is 3.21. The minimum Gasteiger partial charge on any atom is -0.489 e. The maximum Gasteiger partial charge on any atom is 0.224 e. The first kappa shape index (κ1) is 15.8. The molecule has 1 saturated carbocycles. The fraction of sp³-hybridized carbons (Fsp3) is 0.438. The molecule has 122 valence electrons. The van der Waals surface area contributed by atoms with Gasteiger partial charge in [0.05, 0.1) is 11.1 Å². The summed E-state index contributed by atoms with van der Waals surface area (Å²) >= 11 is 6.25. The number of aromatic amines is 1. The summed E-state index contributed by atoms with van der Waals surface area (Å²) in [5.74, 6) is 1.28. The third kappa shape index (κ3) is 4.45. The van der Waals surface area contributed by atoms with Crippen molar-refractivity contribution in [3.8, 4) is 5.75 Å². The van der Waals surface area contributed by atoms with Crippen molar-refractivity contribution < 1.29 is 9.53 Å². The van der Waals surface area contributed by atoms with E-state index in [-0.39, 0.29) is 12.0 Å². The molecule has 0 atom stereocenters. The molecule has 1 aromatic heterocycles. The van der Waals surface area contributed by atoms with Crippen LogP contribution in [0.25, 0.3) is 0 Å². The predicted octanol–water partition coefficient (Wildman–Crippen LogP) is 3.35. The summed E-state index contributed by atoms with van der Waals surface area (Å²) < 4.78 is 5.90. The number of aryl methyl sites for hydroxylation is 1. The van der Waals surface area contributed by atoms with Crippen LogP contribution in [0, 0.1) is 0 Å². The minimum absolute atomic E-state index is 0.0954. The number of aromatic nitrogens is 3. The number of amides is 1. The van der Waals surface area contributed by atoms with E-state index in [1.165, 1.54) is 19.2 Å². The number of nitrogens with zero attached hydrogens (tertiary/aromatic N) is 2. The van der Waals surface area contributed by atoms with Crippen LogP contribution in [0.4, 0.5) is 5.69 Å². The van der Waals surface area contributed by atoms with Gasteiger partial charge < -0.3 is 10.1 Å². The van der Waals surface area contributed by atoms with Gasteiger partial charge in [0.2, 0.25) is 5.91 Å². The topological polar surface area (TPSA) is 79.9 Å². The maximum atomic E-state index is 11.9. The molecule has 2 N–H and O–H groups in total. The Morgan fingerprint density at radius 3 is 2.91 bits per heavy atom. The van der Waals surface area contributed by atoms with E-state index < -0.39 is 0 Å². The Balaban J connectivity index is 1.53. The second-order valence-corrected chi connectivity index (χ2v) is 6.06. The van der Waals surface area contributed by atoms with E-state index >= 15 is 0 Å². The Morgan fingerprint density at radius 1 is 1.39 bits per heavy atom. The minimum atomic E-state index is -0.0954. The lowest BCUT2D eigenvalue weighted by molar-refractivity contribution is -0.116. The van der Waals surface area contributed by atoms with Crippen molar-refractivity contribution in [1.29, 1.82) is 0 Å². The number of benzene rings is 1. The van der Waals surface area contributed by atoms with Crippen LogP contribution in [-0.2, 0) is 11.2 Å². The molecule has 7 heteroatoms. The van der Waals surface area contributed by atoms with Crippen LogP contribution in [0.1, 0.15) is 37.9 Å². The van der Waals surface area contributed by atoms with Crippen LogP contribution in [0.3, 0.4) is 0 Å². The van der Waals surface area contributed by atoms with E-state index in [1.54, 1.807) is 6.07 Å². The van der Waals surface area contributed by atoms with Gasteiger partial charge in [-0.05, 0) is 43.9 Å². The molecular weight excluding hydrogens is 316 g/mol. The smallest absolute Gasteiger partial charge is 0.224 e. The van der Waals surface area contributed by atoms with Gasteiger partial charge in [0, 0.05) is 18.5 Å². The van der Waals surface area contributed by atoms with Gasteiger partial charge in [0.1, 0.15) is 17.9 Å². The highest BCUT2D eigenvalue weighted by atomic mass is 35.5. The van der Waals surface area contributed by atoms with E-state index in [9.17, 15) is 4.79 Å². The van der Waals surface area contributed by atoms with Crippen LogP contribution in [0.2, 0.25) is 5.02 Å². The van der Waals surface area contributed by atoms with Gasteiger partial charge in [-0.15, -0.1) is 0 Å². The number of anilines is 1. The lowest BCUT2D eigenvalue weighted by Gasteiger charge is -2.15. The van der Waals surface area contributed by atoms with Crippen molar-refractivity contribution in [2.45, 2.75) is 44.6 Å². The van der Waals surface area contributed by atoms with E-state index in [1.807, 2.05) is 12.1 Å². The Bertz CT molecular complexity index is 654. The maximum absolute atomic E-state index is 11.9. The zero-order valence-corrected chi connectivity index (χ0v) is 13.5. The zero-order chi connectivity index (χ0) is 16.1. The summed E-state index contributed by atoms with van der Waals surface area (Å²) in [6, 6.07) is 5.34. The number of carbonyl (C=O) groups excluding carboxylic acids is 1. The number of rotatable bonds is 6. The largest absolute Gasteiger partial charge is 0.489 e. The molecule has 0 aliphatic heterocycles. The van der Waals surface area contributed by atoms with Crippen molar-refractivity contribution >= 4 is 23.2 Å². The summed E-state index contributed by atoms with van der Waals surface area (Å²) in [6.45, 7) is 0. The Labute approximate surface area is 139 Å². The average molecular weight is 335 g/mol. The van der Waals surface area contributed by atoms with Crippen LogP contribution in [-0.4, -0.2) is 27.2 Å². The summed E-state index contributed by atoms with van der Waals surface area (Å²) in [6.07, 6.45) is 7.11. The van der Waals surface area contributed by atoms with Crippen molar-refractivity contribution in [3.63, 3.8) is 0 Å². The Kier molecular flexibility index (Phi) is 5.12. The van der Waals surface area contributed by atoms with E-state index in [0.29, 0.717) is 35.1 Å². The van der Waals surface area contributed by atoms with Crippen molar-refractivity contribution in [2.75, 3.05) is 5.32 Å². The second-order valence-electron chi connectivity index (χ2n) is 5.65. The van der Waals surface area contributed by atoms with Gasteiger partial charge in [-0.2, -0.15) is 5.10 Å². The number of carbonyl (C=O) groups is 1. The number of halogens is 1. The van der Waals surface area contributed by atoms with Gasteiger partial charge in [0.25, 0.3) is 0 Å². The lowest BCUT2D eigenvalue weighted by atomic mass is 10.2. The number of hydrogen-bond donors (Lipinski definition) is 2. The molecule has 0 bridgehead atoms. The summed E-state index contributed by atoms with van der Waals surface area (Å²) in [4.78, 5) is 15.9. The molecule has 0 spiro atoms. The SMILES string of the molecule is O=C(CCc1ncn[nH]1)Nc1ccc(OC2CCCC2)c(Cl)c1. The molecule has 1 aliphatic rings. The fourth-order valence-electron chi connectivity index (χ4n) is 2.67.